The number of carbonyl (C=O) groups is 4. The molecule has 3 amide bonds. The summed E-state index contributed by atoms with van der Waals surface area (Å²) >= 11 is 0. The number of nitrogens with one attached hydrogen (secondary N) is 1. The summed E-state index contributed by atoms with van der Waals surface area (Å²) in [6, 6.07) is 6.25. The summed E-state index contributed by atoms with van der Waals surface area (Å²) in [7, 11) is 0. The van der Waals surface area contributed by atoms with Crippen molar-refractivity contribution in [2.24, 2.45) is 29.6 Å². The third kappa shape index (κ3) is 3.32. The van der Waals surface area contributed by atoms with Crippen molar-refractivity contribution >= 4 is 29.4 Å². The Balaban J connectivity index is 1.43. The smallest absolute Gasteiger partial charge is 0.330 e. The standard InChI is InChI=1S/C23H26N2O5/c1-12(2)20(23(29)30-11-17(26)24-16-7-5-4-6-13(16)3)25-21(27)18-14-8-9-15(10-14)19(18)22(25)28/h4-9,12,14-15,18-20H,10-11H2,1-3H3,(H,24,26)/t14-,15-,18-,19+,20-/m0/s1. The predicted octanol–water partition coefficient (Wildman–Crippen LogP) is 2.31. The molecule has 2 aliphatic carbocycles. The van der Waals surface area contributed by atoms with Crippen LogP contribution in [0, 0.1) is 36.5 Å². The summed E-state index contributed by atoms with van der Waals surface area (Å²) in [6.45, 7) is 4.91. The molecule has 1 N–H and O–H groups in total. The van der Waals surface area contributed by atoms with Crippen LogP contribution in [-0.4, -0.2) is 41.2 Å². The average molecular weight is 410 g/mol. The normalized spacial score (nSPS) is 27.5. The van der Waals surface area contributed by atoms with Crippen molar-refractivity contribution in [2.45, 2.75) is 33.2 Å². The number of imide groups is 1. The van der Waals surface area contributed by atoms with E-state index in [4.69, 9.17) is 4.74 Å². The van der Waals surface area contributed by atoms with Gasteiger partial charge in [0, 0.05) is 5.69 Å². The van der Waals surface area contributed by atoms with Crippen LogP contribution in [0.5, 0.6) is 0 Å². The molecule has 0 spiro atoms. The zero-order chi connectivity index (χ0) is 21.6. The second-order valence-electron chi connectivity index (χ2n) is 8.71. The molecule has 1 aromatic rings. The highest BCUT2D eigenvalue weighted by Gasteiger charge is 2.61. The molecule has 158 valence electrons. The van der Waals surface area contributed by atoms with E-state index in [9.17, 15) is 19.2 Å². The molecular formula is C23H26N2O5. The Morgan fingerprint density at radius 2 is 1.70 bits per heavy atom. The Bertz CT molecular complexity index is 907. The highest BCUT2D eigenvalue weighted by Crippen LogP contribution is 2.53. The van der Waals surface area contributed by atoms with Crippen molar-refractivity contribution in [3.63, 3.8) is 0 Å². The first-order chi connectivity index (χ1) is 14.3. The molecular weight excluding hydrogens is 384 g/mol. The number of allylic oxidation sites excluding steroid dienone is 2. The fourth-order valence-corrected chi connectivity index (χ4v) is 5.00. The lowest BCUT2D eigenvalue weighted by atomic mass is 9.85. The third-order valence-corrected chi connectivity index (χ3v) is 6.42. The zero-order valence-electron chi connectivity index (χ0n) is 17.3. The van der Waals surface area contributed by atoms with Gasteiger partial charge in [-0.2, -0.15) is 0 Å². The van der Waals surface area contributed by atoms with Gasteiger partial charge in [-0.05, 0) is 42.7 Å². The largest absolute Gasteiger partial charge is 0.454 e. The van der Waals surface area contributed by atoms with E-state index in [1.807, 2.05) is 31.2 Å². The van der Waals surface area contributed by atoms with E-state index in [1.54, 1.807) is 26.0 Å². The van der Waals surface area contributed by atoms with Gasteiger partial charge >= 0.3 is 5.97 Å². The predicted molar refractivity (Wildman–Crippen MR) is 109 cm³/mol. The number of para-hydroxylation sites is 1. The van der Waals surface area contributed by atoms with Gasteiger partial charge in [0.15, 0.2) is 6.61 Å². The minimum Gasteiger partial charge on any atom is -0.454 e. The highest BCUT2D eigenvalue weighted by molar-refractivity contribution is 6.09. The number of fused-ring (bicyclic) bond motifs is 5. The van der Waals surface area contributed by atoms with Crippen molar-refractivity contribution in [2.75, 3.05) is 11.9 Å². The molecule has 0 unspecified atom stereocenters. The number of hydrogen-bond acceptors (Lipinski definition) is 5. The van der Waals surface area contributed by atoms with Crippen LogP contribution in [-0.2, 0) is 23.9 Å². The number of likely N-dealkylation sites (tertiary alicyclic amines) is 1. The van der Waals surface area contributed by atoms with Crippen LogP contribution in [0.25, 0.3) is 0 Å². The van der Waals surface area contributed by atoms with E-state index in [-0.39, 0.29) is 41.4 Å². The van der Waals surface area contributed by atoms with E-state index in [1.165, 1.54) is 0 Å². The molecule has 0 radical (unpaired) electrons. The first-order valence-electron chi connectivity index (χ1n) is 10.4. The lowest BCUT2D eigenvalue weighted by molar-refractivity contribution is -0.162. The molecule has 1 aromatic carbocycles. The van der Waals surface area contributed by atoms with Crippen LogP contribution >= 0.6 is 0 Å². The van der Waals surface area contributed by atoms with Gasteiger partial charge in [0.05, 0.1) is 11.8 Å². The van der Waals surface area contributed by atoms with Crippen LogP contribution in [0.2, 0.25) is 0 Å². The first-order valence-corrected chi connectivity index (χ1v) is 10.4. The van der Waals surface area contributed by atoms with E-state index < -0.39 is 24.5 Å². The number of amides is 3. The summed E-state index contributed by atoms with van der Waals surface area (Å²) in [6.07, 6.45) is 4.86. The number of carbonyl (C=O) groups excluding carboxylic acids is 4. The molecule has 7 heteroatoms. The Morgan fingerprint density at radius 1 is 1.10 bits per heavy atom. The van der Waals surface area contributed by atoms with Crippen LogP contribution in [0.1, 0.15) is 25.8 Å². The number of aryl methyl sites for hydroxylation is 1. The van der Waals surface area contributed by atoms with Crippen molar-refractivity contribution in [1.82, 2.24) is 4.90 Å². The molecule has 2 bridgehead atoms. The summed E-state index contributed by atoms with van der Waals surface area (Å²) in [5.41, 5.74) is 1.53. The molecule has 1 saturated heterocycles. The van der Waals surface area contributed by atoms with Crippen molar-refractivity contribution in [3.8, 4) is 0 Å². The molecule has 7 nitrogen and oxygen atoms in total. The van der Waals surface area contributed by atoms with Crippen molar-refractivity contribution < 1.29 is 23.9 Å². The van der Waals surface area contributed by atoms with Crippen LogP contribution in [0.4, 0.5) is 5.69 Å². The van der Waals surface area contributed by atoms with Crippen molar-refractivity contribution in [1.29, 1.82) is 0 Å². The molecule has 0 aromatic heterocycles. The number of hydrogen-bond donors (Lipinski definition) is 1. The van der Waals surface area contributed by atoms with Crippen LogP contribution < -0.4 is 5.32 Å². The lowest BCUT2D eigenvalue weighted by Gasteiger charge is -2.28. The number of anilines is 1. The van der Waals surface area contributed by atoms with E-state index in [0.29, 0.717) is 5.69 Å². The van der Waals surface area contributed by atoms with Gasteiger partial charge in [-0.25, -0.2) is 4.79 Å². The molecule has 30 heavy (non-hydrogen) atoms. The average Bonchev–Trinajstić information content (AvgIpc) is 3.38. The number of nitrogens with zero attached hydrogens (tertiary/aromatic N) is 1. The zero-order valence-corrected chi connectivity index (χ0v) is 17.3. The second kappa shape index (κ2) is 7.70. The van der Waals surface area contributed by atoms with E-state index >= 15 is 0 Å². The Hall–Kier alpha value is -2.96. The monoisotopic (exact) mass is 410 g/mol. The topological polar surface area (TPSA) is 92.8 Å². The maximum absolute atomic E-state index is 13.0. The molecule has 5 atom stereocenters. The summed E-state index contributed by atoms with van der Waals surface area (Å²) in [5, 5.41) is 2.70. The van der Waals surface area contributed by atoms with Gasteiger partial charge in [0.2, 0.25) is 11.8 Å². The fraction of sp³-hybridized carbons (Fsp3) is 0.478. The number of esters is 1. The molecule has 1 saturated carbocycles. The Kier molecular flexibility index (Phi) is 5.22. The van der Waals surface area contributed by atoms with E-state index in [0.717, 1.165) is 16.9 Å². The van der Waals surface area contributed by atoms with Gasteiger partial charge in [-0.1, -0.05) is 44.2 Å². The lowest BCUT2D eigenvalue weighted by Crippen LogP contribution is -2.50. The minimum absolute atomic E-state index is 0.0742. The van der Waals surface area contributed by atoms with E-state index in [2.05, 4.69) is 5.32 Å². The molecule has 1 heterocycles. The quantitative estimate of drug-likeness (QED) is 0.441. The third-order valence-electron chi connectivity index (χ3n) is 6.42. The van der Waals surface area contributed by atoms with Gasteiger partial charge in [0.25, 0.3) is 5.91 Å². The van der Waals surface area contributed by atoms with Crippen molar-refractivity contribution in [3.05, 3.63) is 42.0 Å². The molecule has 1 aliphatic heterocycles. The van der Waals surface area contributed by atoms with Gasteiger partial charge in [-0.3, -0.25) is 19.3 Å². The maximum atomic E-state index is 13.0. The van der Waals surface area contributed by atoms with Gasteiger partial charge in [0.1, 0.15) is 6.04 Å². The molecule has 2 fully saturated rings. The highest BCUT2D eigenvalue weighted by atomic mass is 16.5. The number of rotatable bonds is 6. The Labute approximate surface area is 175 Å². The fourth-order valence-electron chi connectivity index (χ4n) is 5.00. The SMILES string of the molecule is Cc1ccccc1NC(=O)COC(=O)[C@H](C(C)C)N1C(=O)[C@@H]2[C@H](C1=O)[C@H]1C=C[C@H]2C1. The van der Waals surface area contributed by atoms with Gasteiger partial charge < -0.3 is 10.1 Å². The summed E-state index contributed by atoms with van der Waals surface area (Å²) < 4.78 is 5.23. The summed E-state index contributed by atoms with van der Waals surface area (Å²) in [4.78, 5) is 52.2. The molecule has 4 rings (SSSR count). The molecule has 3 aliphatic rings. The summed E-state index contributed by atoms with van der Waals surface area (Å²) in [5.74, 6) is -2.70. The Morgan fingerprint density at radius 3 is 2.27 bits per heavy atom. The first kappa shape index (κ1) is 20.3. The maximum Gasteiger partial charge on any atom is 0.330 e. The number of benzene rings is 1. The minimum atomic E-state index is -1.03. The van der Waals surface area contributed by atoms with Gasteiger partial charge in [-0.15, -0.1) is 0 Å². The van der Waals surface area contributed by atoms with Crippen LogP contribution in [0.3, 0.4) is 0 Å². The van der Waals surface area contributed by atoms with Crippen LogP contribution in [0.15, 0.2) is 36.4 Å². The number of ether oxygens (including phenoxy) is 1. The second-order valence-corrected chi connectivity index (χ2v) is 8.71.